The fraction of sp³-hybridized carbons (Fsp3) is 0.316. The van der Waals surface area contributed by atoms with Gasteiger partial charge < -0.3 is 9.80 Å². The first-order chi connectivity index (χ1) is 13.6. The van der Waals surface area contributed by atoms with Gasteiger partial charge in [0.15, 0.2) is 0 Å². The summed E-state index contributed by atoms with van der Waals surface area (Å²) in [7, 11) is 0. The van der Waals surface area contributed by atoms with E-state index in [1.165, 1.54) is 24.3 Å². The quantitative estimate of drug-likeness (QED) is 0.438. The lowest BCUT2D eigenvalue weighted by Gasteiger charge is -2.36. The maximum atomic E-state index is 13.0. The summed E-state index contributed by atoms with van der Waals surface area (Å²) >= 11 is 0. The van der Waals surface area contributed by atoms with Gasteiger partial charge in [-0.2, -0.15) is 13.2 Å². The molecule has 2 aromatic carbocycles. The van der Waals surface area contributed by atoms with Crippen molar-refractivity contribution in [2.24, 2.45) is 0 Å². The minimum atomic E-state index is -4.67. The summed E-state index contributed by atoms with van der Waals surface area (Å²) in [5.41, 5.74) is -0.946. The van der Waals surface area contributed by atoms with Crippen molar-refractivity contribution in [3.63, 3.8) is 0 Å². The molecule has 0 N–H and O–H groups in total. The molecule has 0 unspecified atom stereocenters. The van der Waals surface area contributed by atoms with Gasteiger partial charge in [-0.3, -0.25) is 14.9 Å². The molecule has 0 atom stereocenters. The average molecular weight is 411 g/mol. The van der Waals surface area contributed by atoms with Gasteiger partial charge in [0.1, 0.15) is 11.5 Å². The van der Waals surface area contributed by atoms with Crippen LogP contribution in [0.25, 0.3) is 0 Å². The van der Waals surface area contributed by atoms with Gasteiger partial charge in [0.25, 0.3) is 5.69 Å². The molecule has 10 heteroatoms. The van der Waals surface area contributed by atoms with Gasteiger partial charge in [-0.25, -0.2) is 4.39 Å². The molecular formula is C19H17F4N3O3. The Morgan fingerprint density at radius 2 is 1.66 bits per heavy atom. The van der Waals surface area contributed by atoms with E-state index < -0.39 is 28.2 Å². The number of nitrogens with zero attached hydrogens (tertiary/aromatic N) is 3. The number of hydrogen-bond acceptors (Lipinski definition) is 4. The number of halogens is 4. The Hall–Kier alpha value is -3.17. The number of carbonyl (C=O) groups excluding carboxylic acids is 1. The molecule has 2 aromatic rings. The molecule has 1 fully saturated rings. The number of rotatable bonds is 4. The topological polar surface area (TPSA) is 66.7 Å². The fourth-order valence-corrected chi connectivity index (χ4v) is 3.20. The normalized spacial score (nSPS) is 14.8. The Labute approximate surface area is 163 Å². The van der Waals surface area contributed by atoms with Crippen LogP contribution in [0.1, 0.15) is 11.1 Å². The number of anilines is 1. The van der Waals surface area contributed by atoms with Crippen LogP contribution < -0.4 is 4.90 Å². The van der Waals surface area contributed by atoms with Crippen molar-refractivity contribution >= 4 is 17.3 Å². The van der Waals surface area contributed by atoms with Crippen molar-refractivity contribution in [1.82, 2.24) is 4.90 Å². The molecule has 1 aliphatic rings. The highest BCUT2D eigenvalue weighted by Crippen LogP contribution is 2.36. The lowest BCUT2D eigenvalue weighted by molar-refractivity contribution is -0.384. The molecule has 1 saturated heterocycles. The summed E-state index contributed by atoms with van der Waals surface area (Å²) < 4.78 is 51.5. The van der Waals surface area contributed by atoms with E-state index in [9.17, 15) is 32.5 Å². The number of amides is 1. The summed E-state index contributed by atoms with van der Waals surface area (Å²) in [6, 6.07) is 8.02. The first-order valence-electron chi connectivity index (χ1n) is 8.78. The van der Waals surface area contributed by atoms with Crippen LogP contribution in [0.3, 0.4) is 0 Å². The molecule has 3 rings (SSSR count). The molecule has 0 spiro atoms. The Bertz CT molecular complexity index is 908. The van der Waals surface area contributed by atoms with Crippen molar-refractivity contribution in [3.05, 3.63) is 69.5 Å². The third-order valence-electron chi connectivity index (χ3n) is 4.74. The number of piperazine rings is 1. The second-order valence-corrected chi connectivity index (χ2v) is 6.63. The number of nitro benzene ring substituents is 1. The van der Waals surface area contributed by atoms with Crippen LogP contribution in [-0.4, -0.2) is 41.9 Å². The van der Waals surface area contributed by atoms with E-state index in [2.05, 4.69) is 0 Å². The van der Waals surface area contributed by atoms with E-state index in [1.54, 1.807) is 9.80 Å². The van der Waals surface area contributed by atoms with Crippen LogP contribution in [0.15, 0.2) is 42.5 Å². The zero-order valence-corrected chi connectivity index (χ0v) is 15.2. The van der Waals surface area contributed by atoms with E-state index in [0.29, 0.717) is 11.6 Å². The Morgan fingerprint density at radius 3 is 2.21 bits per heavy atom. The summed E-state index contributed by atoms with van der Waals surface area (Å²) in [5.74, 6) is -0.564. The van der Waals surface area contributed by atoms with Crippen LogP contribution in [-0.2, 0) is 17.4 Å². The number of nitro groups is 1. The predicted octanol–water partition coefficient (Wildman–Crippen LogP) is 3.64. The average Bonchev–Trinajstić information content (AvgIpc) is 2.68. The zero-order valence-electron chi connectivity index (χ0n) is 15.2. The van der Waals surface area contributed by atoms with Crippen molar-refractivity contribution < 1.29 is 27.3 Å². The van der Waals surface area contributed by atoms with Crippen molar-refractivity contribution in [2.45, 2.75) is 12.6 Å². The van der Waals surface area contributed by atoms with Crippen molar-refractivity contribution in [1.29, 1.82) is 0 Å². The molecule has 0 radical (unpaired) electrons. The highest BCUT2D eigenvalue weighted by molar-refractivity contribution is 5.79. The van der Waals surface area contributed by atoms with Crippen LogP contribution in [0, 0.1) is 15.9 Å². The van der Waals surface area contributed by atoms with Gasteiger partial charge in [-0.1, -0.05) is 12.1 Å². The van der Waals surface area contributed by atoms with Gasteiger partial charge in [-0.05, 0) is 29.8 Å². The minimum Gasteiger partial charge on any atom is -0.362 e. The van der Waals surface area contributed by atoms with E-state index in [-0.39, 0.29) is 44.2 Å². The van der Waals surface area contributed by atoms with Gasteiger partial charge in [0.2, 0.25) is 5.91 Å². The SMILES string of the molecule is O=C(Cc1ccc(F)cc1)N1CCN(c2ccc(C(F)(F)F)cc2[N+](=O)[O-])CC1. The molecule has 0 bridgehead atoms. The van der Waals surface area contributed by atoms with E-state index in [0.717, 1.165) is 12.1 Å². The second kappa shape index (κ2) is 8.06. The first-order valence-corrected chi connectivity index (χ1v) is 8.78. The smallest absolute Gasteiger partial charge is 0.362 e. The fourth-order valence-electron chi connectivity index (χ4n) is 3.20. The minimum absolute atomic E-state index is 0.0913. The monoisotopic (exact) mass is 411 g/mol. The maximum Gasteiger partial charge on any atom is 0.416 e. The van der Waals surface area contributed by atoms with Crippen LogP contribution in [0.5, 0.6) is 0 Å². The summed E-state index contributed by atoms with van der Waals surface area (Å²) in [5, 5.41) is 11.3. The molecular weight excluding hydrogens is 394 g/mol. The van der Waals surface area contributed by atoms with Crippen molar-refractivity contribution in [3.8, 4) is 0 Å². The number of hydrogen-bond donors (Lipinski definition) is 0. The highest BCUT2D eigenvalue weighted by Gasteiger charge is 2.34. The second-order valence-electron chi connectivity index (χ2n) is 6.63. The molecule has 0 aromatic heterocycles. The number of alkyl halides is 3. The highest BCUT2D eigenvalue weighted by atomic mass is 19.4. The maximum absolute atomic E-state index is 13.0. The Balaban J connectivity index is 1.68. The van der Waals surface area contributed by atoms with Gasteiger partial charge in [-0.15, -0.1) is 0 Å². The Morgan fingerprint density at radius 1 is 1.03 bits per heavy atom. The van der Waals surface area contributed by atoms with E-state index >= 15 is 0 Å². The molecule has 1 amide bonds. The third-order valence-corrected chi connectivity index (χ3v) is 4.74. The molecule has 0 saturated carbocycles. The van der Waals surface area contributed by atoms with E-state index in [4.69, 9.17) is 0 Å². The molecule has 154 valence electrons. The zero-order chi connectivity index (χ0) is 21.2. The molecule has 6 nitrogen and oxygen atoms in total. The van der Waals surface area contributed by atoms with Crippen LogP contribution in [0.4, 0.5) is 28.9 Å². The van der Waals surface area contributed by atoms with Crippen LogP contribution >= 0.6 is 0 Å². The van der Waals surface area contributed by atoms with Crippen molar-refractivity contribution in [2.75, 3.05) is 31.1 Å². The summed E-state index contributed by atoms with van der Waals surface area (Å²) in [6.45, 7) is 1.05. The van der Waals surface area contributed by atoms with Gasteiger partial charge in [0.05, 0.1) is 16.9 Å². The molecule has 0 aliphatic carbocycles. The first kappa shape index (κ1) is 20.6. The molecule has 1 heterocycles. The number of carbonyl (C=O) groups is 1. The molecule has 1 aliphatic heterocycles. The predicted molar refractivity (Wildman–Crippen MR) is 97.0 cm³/mol. The van der Waals surface area contributed by atoms with Gasteiger partial charge in [0, 0.05) is 32.2 Å². The standard InChI is InChI=1S/C19H17F4N3O3/c20-15-4-1-13(2-5-15)11-18(27)25-9-7-24(8-10-25)16-6-3-14(19(21,22)23)12-17(16)26(28)29/h1-6,12H,7-11H2. The largest absolute Gasteiger partial charge is 0.416 e. The lowest BCUT2D eigenvalue weighted by Crippen LogP contribution is -2.49. The summed E-state index contributed by atoms with van der Waals surface area (Å²) in [4.78, 5) is 26.0. The molecule has 29 heavy (non-hydrogen) atoms. The van der Waals surface area contributed by atoms with E-state index in [1.807, 2.05) is 0 Å². The number of benzene rings is 2. The Kier molecular flexibility index (Phi) is 5.71. The lowest BCUT2D eigenvalue weighted by atomic mass is 10.1. The third kappa shape index (κ3) is 4.82. The van der Waals surface area contributed by atoms with Gasteiger partial charge >= 0.3 is 6.18 Å². The van der Waals surface area contributed by atoms with Crippen LogP contribution in [0.2, 0.25) is 0 Å². The summed E-state index contributed by atoms with van der Waals surface area (Å²) in [6.07, 6.45) is -4.57.